The van der Waals surface area contributed by atoms with E-state index in [4.69, 9.17) is 0 Å². The third kappa shape index (κ3) is 4.13. The quantitative estimate of drug-likeness (QED) is 0.655. The van der Waals surface area contributed by atoms with Gasteiger partial charge in [-0.15, -0.1) is 0 Å². The molecule has 0 radical (unpaired) electrons. The molecule has 3 unspecified atom stereocenters. The van der Waals surface area contributed by atoms with Crippen LogP contribution in [0.4, 0.5) is 0 Å². The molecule has 0 spiro atoms. The standard InChI is InChI=1S/C20H25N3/c1-15(16-9-5-3-6-10-16)14-22-20(21-2)23-19-13-18(19)17-11-7-4-8-12-17/h3-12,15,18-19H,13-14H2,1-2H3,(H2,21,22,23). The molecule has 0 amide bonds. The second-order valence-corrected chi connectivity index (χ2v) is 6.27. The Hall–Kier alpha value is -2.29. The number of nitrogens with one attached hydrogen (secondary N) is 2. The van der Waals surface area contributed by atoms with Crippen LogP contribution in [0.3, 0.4) is 0 Å². The summed E-state index contributed by atoms with van der Waals surface area (Å²) in [4.78, 5) is 4.36. The van der Waals surface area contributed by atoms with Gasteiger partial charge in [-0.25, -0.2) is 0 Å². The minimum atomic E-state index is 0.457. The number of guanidine groups is 1. The molecule has 23 heavy (non-hydrogen) atoms. The summed E-state index contributed by atoms with van der Waals surface area (Å²) < 4.78 is 0. The molecule has 0 heterocycles. The van der Waals surface area contributed by atoms with Gasteiger partial charge in [-0.1, -0.05) is 67.6 Å². The van der Waals surface area contributed by atoms with E-state index in [0.717, 1.165) is 12.5 Å². The predicted octanol–water partition coefficient (Wildman–Crippen LogP) is 3.51. The normalized spacial score (nSPS) is 21.6. The second kappa shape index (κ2) is 7.32. The molecule has 2 N–H and O–H groups in total. The van der Waals surface area contributed by atoms with E-state index in [2.05, 4.69) is 83.2 Å². The van der Waals surface area contributed by atoms with E-state index in [1.165, 1.54) is 17.5 Å². The van der Waals surface area contributed by atoms with Gasteiger partial charge in [0.05, 0.1) is 0 Å². The highest BCUT2D eigenvalue weighted by Gasteiger charge is 2.38. The largest absolute Gasteiger partial charge is 0.356 e. The van der Waals surface area contributed by atoms with Gasteiger partial charge in [-0.05, 0) is 23.5 Å². The van der Waals surface area contributed by atoms with E-state index >= 15 is 0 Å². The van der Waals surface area contributed by atoms with Crippen LogP contribution in [-0.4, -0.2) is 25.6 Å². The average Bonchev–Trinajstić information content (AvgIpc) is 3.39. The summed E-state index contributed by atoms with van der Waals surface area (Å²) in [6.45, 7) is 3.12. The molecule has 0 bridgehead atoms. The summed E-state index contributed by atoms with van der Waals surface area (Å²) in [7, 11) is 1.84. The van der Waals surface area contributed by atoms with Gasteiger partial charge in [0, 0.05) is 25.6 Å². The zero-order valence-corrected chi connectivity index (χ0v) is 13.9. The van der Waals surface area contributed by atoms with Crippen molar-refractivity contribution in [2.75, 3.05) is 13.6 Å². The third-order valence-corrected chi connectivity index (χ3v) is 4.51. The van der Waals surface area contributed by atoms with E-state index in [1.807, 2.05) is 7.05 Å². The number of aliphatic imine (C=N–C) groups is 1. The number of hydrogen-bond acceptors (Lipinski definition) is 1. The molecule has 3 rings (SSSR count). The van der Waals surface area contributed by atoms with Gasteiger partial charge in [0.2, 0.25) is 0 Å². The molecule has 0 aromatic heterocycles. The fraction of sp³-hybridized carbons (Fsp3) is 0.350. The second-order valence-electron chi connectivity index (χ2n) is 6.27. The first kappa shape index (κ1) is 15.6. The van der Waals surface area contributed by atoms with Crippen LogP contribution in [0.1, 0.15) is 36.3 Å². The summed E-state index contributed by atoms with van der Waals surface area (Å²) in [5.41, 5.74) is 2.77. The van der Waals surface area contributed by atoms with Crippen LogP contribution in [0.15, 0.2) is 65.7 Å². The van der Waals surface area contributed by atoms with Crippen LogP contribution in [0.5, 0.6) is 0 Å². The smallest absolute Gasteiger partial charge is 0.191 e. The number of benzene rings is 2. The highest BCUT2D eigenvalue weighted by atomic mass is 15.2. The predicted molar refractivity (Wildman–Crippen MR) is 96.9 cm³/mol. The van der Waals surface area contributed by atoms with Gasteiger partial charge in [0.15, 0.2) is 5.96 Å². The van der Waals surface area contributed by atoms with Crippen LogP contribution >= 0.6 is 0 Å². The van der Waals surface area contributed by atoms with Crippen molar-refractivity contribution >= 4 is 5.96 Å². The van der Waals surface area contributed by atoms with Crippen molar-refractivity contribution in [3.8, 4) is 0 Å². The number of rotatable bonds is 5. The Kier molecular flexibility index (Phi) is 4.96. The SMILES string of the molecule is CN=C(NCC(C)c1ccccc1)NC1CC1c1ccccc1. The molecule has 0 aliphatic heterocycles. The Morgan fingerprint density at radius 1 is 1.09 bits per heavy atom. The Balaban J connectivity index is 1.48. The van der Waals surface area contributed by atoms with Crippen molar-refractivity contribution in [1.29, 1.82) is 0 Å². The maximum Gasteiger partial charge on any atom is 0.191 e. The first-order valence-electron chi connectivity index (χ1n) is 8.35. The first-order valence-corrected chi connectivity index (χ1v) is 8.35. The van der Waals surface area contributed by atoms with Crippen molar-refractivity contribution in [2.45, 2.75) is 31.2 Å². The fourth-order valence-electron chi connectivity index (χ4n) is 2.94. The Bertz CT molecular complexity index is 636. The van der Waals surface area contributed by atoms with Gasteiger partial charge < -0.3 is 10.6 Å². The molecule has 1 aliphatic rings. The molecule has 120 valence electrons. The molecule has 2 aromatic carbocycles. The van der Waals surface area contributed by atoms with E-state index in [9.17, 15) is 0 Å². The molecular formula is C20H25N3. The highest BCUT2D eigenvalue weighted by molar-refractivity contribution is 5.80. The zero-order chi connectivity index (χ0) is 16.1. The summed E-state index contributed by atoms with van der Waals surface area (Å²) in [5, 5.41) is 6.98. The average molecular weight is 307 g/mol. The van der Waals surface area contributed by atoms with Gasteiger partial charge >= 0.3 is 0 Å². The van der Waals surface area contributed by atoms with E-state index < -0.39 is 0 Å². The van der Waals surface area contributed by atoms with Crippen molar-refractivity contribution in [2.24, 2.45) is 4.99 Å². The third-order valence-electron chi connectivity index (χ3n) is 4.51. The fourth-order valence-corrected chi connectivity index (χ4v) is 2.94. The molecule has 1 aliphatic carbocycles. The summed E-state index contributed by atoms with van der Waals surface area (Å²) in [6, 6.07) is 21.8. The Morgan fingerprint density at radius 3 is 2.39 bits per heavy atom. The van der Waals surface area contributed by atoms with E-state index in [-0.39, 0.29) is 0 Å². The van der Waals surface area contributed by atoms with Crippen molar-refractivity contribution in [1.82, 2.24) is 10.6 Å². The lowest BCUT2D eigenvalue weighted by molar-refractivity contribution is 0.695. The topological polar surface area (TPSA) is 36.4 Å². The molecule has 3 heteroatoms. The molecule has 0 saturated heterocycles. The lowest BCUT2D eigenvalue weighted by Gasteiger charge is -2.16. The van der Waals surface area contributed by atoms with Gasteiger partial charge in [-0.2, -0.15) is 0 Å². The minimum absolute atomic E-state index is 0.457. The Labute approximate surface area is 138 Å². The summed E-state index contributed by atoms with van der Waals surface area (Å²) >= 11 is 0. The van der Waals surface area contributed by atoms with E-state index in [0.29, 0.717) is 17.9 Å². The molecule has 3 atom stereocenters. The zero-order valence-electron chi connectivity index (χ0n) is 13.9. The summed E-state index contributed by atoms with van der Waals surface area (Å²) in [5.74, 6) is 1.97. The highest BCUT2D eigenvalue weighted by Crippen LogP contribution is 2.40. The Morgan fingerprint density at radius 2 is 1.74 bits per heavy atom. The molecule has 2 aromatic rings. The van der Waals surface area contributed by atoms with Gasteiger partial charge in [0.25, 0.3) is 0 Å². The maximum atomic E-state index is 4.36. The summed E-state index contributed by atoms with van der Waals surface area (Å²) in [6.07, 6.45) is 1.18. The minimum Gasteiger partial charge on any atom is -0.356 e. The molecule has 3 nitrogen and oxygen atoms in total. The molecule has 1 fully saturated rings. The molecular weight excluding hydrogens is 282 g/mol. The van der Waals surface area contributed by atoms with Crippen molar-refractivity contribution in [3.63, 3.8) is 0 Å². The monoisotopic (exact) mass is 307 g/mol. The van der Waals surface area contributed by atoms with Crippen LogP contribution in [0.25, 0.3) is 0 Å². The van der Waals surface area contributed by atoms with Crippen molar-refractivity contribution < 1.29 is 0 Å². The van der Waals surface area contributed by atoms with Crippen LogP contribution in [-0.2, 0) is 0 Å². The van der Waals surface area contributed by atoms with Crippen LogP contribution in [0, 0.1) is 0 Å². The van der Waals surface area contributed by atoms with Gasteiger partial charge in [0.1, 0.15) is 0 Å². The van der Waals surface area contributed by atoms with Crippen molar-refractivity contribution in [3.05, 3.63) is 71.8 Å². The van der Waals surface area contributed by atoms with Gasteiger partial charge in [-0.3, -0.25) is 4.99 Å². The van der Waals surface area contributed by atoms with E-state index in [1.54, 1.807) is 0 Å². The van der Waals surface area contributed by atoms with Crippen LogP contribution < -0.4 is 10.6 Å². The first-order chi connectivity index (χ1) is 11.3. The number of hydrogen-bond donors (Lipinski definition) is 2. The lowest BCUT2D eigenvalue weighted by atomic mass is 10.0. The lowest BCUT2D eigenvalue weighted by Crippen LogP contribution is -2.40. The number of nitrogens with zero attached hydrogens (tertiary/aromatic N) is 1. The molecule has 1 saturated carbocycles. The van der Waals surface area contributed by atoms with Crippen LogP contribution in [0.2, 0.25) is 0 Å². The maximum absolute atomic E-state index is 4.36.